The number of carbonyl (C=O) groups excluding carboxylic acids is 1. The summed E-state index contributed by atoms with van der Waals surface area (Å²) in [6, 6.07) is 1.75. The molecule has 0 aromatic carbocycles. The Morgan fingerprint density at radius 2 is 1.44 bits per heavy atom. The molecule has 2 aromatic heterocycles. The third kappa shape index (κ3) is 5.55. The SMILES string of the molecule is CC(C)c1ncc(C(=O)Nc2c(C3CCC(F)(F)CC3)ccnc2C2CCC(F)(F)CC2)cn1. The van der Waals surface area contributed by atoms with E-state index in [1.165, 1.54) is 12.4 Å². The highest BCUT2D eigenvalue weighted by Gasteiger charge is 2.39. The lowest BCUT2D eigenvalue weighted by atomic mass is 9.79. The zero-order valence-corrected chi connectivity index (χ0v) is 19.5. The summed E-state index contributed by atoms with van der Waals surface area (Å²) < 4.78 is 55.1. The van der Waals surface area contributed by atoms with Gasteiger partial charge < -0.3 is 5.32 Å². The molecule has 9 heteroatoms. The fourth-order valence-corrected chi connectivity index (χ4v) is 4.88. The predicted octanol–water partition coefficient (Wildman–Crippen LogP) is 6.83. The van der Waals surface area contributed by atoms with E-state index in [9.17, 15) is 22.4 Å². The van der Waals surface area contributed by atoms with Crippen LogP contribution in [0, 0.1) is 0 Å². The van der Waals surface area contributed by atoms with E-state index < -0.39 is 17.8 Å². The van der Waals surface area contributed by atoms with E-state index in [4.69, 9.17) is 0 Å². The fraction of sp³-hybridized carbons (Fsp3) is 0.600. The number of nitrogens with one attached hydrogen (secondary N) is 1. The van der Waals surface area contributed by atoms with Gasteiger partial charge in [-0.2, -0.15) is 0 Å². The van der Waals surface area contributed by atoms with E-state index in [1.807, 2.05) is 13.8 Å². The Bertz CT molecular complexity index is 960. The van der Waals surface area contributed by atoms with E-state index in [0.717, 1.165) is 5.56 Å². The maximum absolute atomic E-state index is 13.8. The lowest BCUT2D eigenvalue weighted by Gasteiger charge is -2.32. The van der Waals surface area contributed by atoms with Crippen molar-refractivity contribution in [3.63, 3.8) is 0 Å². The van der Waals surface area contributed by atoms with E-state index >= 15 is 0 Å². The topological polar surface area (TPSA) is 67.8 Å². The van der Waals surface area contributed by atoms with Gasteiger partial charge in [0, 0.05) is 56.1 Å². The van der Waals surface area contributed by atoms with Crippen molar-refractivity contribution < 1.29 is 22.4 Å². The van der Waals surface area contributed by atoms with Gasteiger partial charge in [0.1, 0.15) is 5.82 Å². The molecule has 0 atom stereocenters. The number of carbonyl (C=O) groups is 1. The number of nitrogens with zero attached hydrogens (tertiary/aromatic N) is 3. The number of pyridine rings is 1. The normalized spacial score (nSPS) is 20.9. The number of amides is 1. The van der Waals surface area contributed by atoms with Crippen molar-refractivity contribution >= 4 is 11.6 Å². The van der Waals surface area contributed by atoms with Crippen molar-refractivity contribution in [2.45, 2.75) is 94.8 Å². The van der Waals surface area contributed by atoms with Gasteiger partial charge in [0.2, 0.25) is 11.8 Å². The summed E-state index contributed by atoms with van der Waals surface area (Å²) in [7, 11) is 0. The summed E-state index contributed by atoms with van der Waals surface area (Å²) in [6.07, 6.45) is 4.66. The first kappa shape index (κ1) is 24.5. The minimum Gasteiger partial charge on any atom is -0.320 e. The van der Waals surface area contributed by atoms with Crippen molar-refractivity contribution in [3.05, 3.63) is 47.3 Å². The van der Waals surface area contributed by atoms with E-state index in [1.54, 1.807) is 12.3 Å². The average molecular weight is 479 g/mol. The molecular weight excluding hydrogens is 448 g/mol. The average Bonchev–Trinajstić information content (AvgIpc) is 2.79. The maximum atomic E-state index is 13.8. The molecule has 184 valence electrons. The number of anilines is 1. The molecular formula is C25H30F4N4O. The first-order valence-corrected chi connectivity index (χ1v) is 11.9. The molecule has 0 aliphatic heterocycles. The van der Waals surface area contributed by atoms with Crippen LogP contribution in [0.15, 0.2) is 24.7 Å². The summed E-state index contributed by atoms with van der Waals surface area (Å²) in [5.74, 6) is -5.48. The molecule has 2 aliphatic rings. The molecule has 34 heavy (non-hydrogen) atoms. The summed E-state index contributed by atoms with van der Waals surface area (Å²) in [6.45, 7) is 3.90. The Balaban J connectivity index is 1.65. The standard InChI is InChI=1S/C25H30F4N4O/c1-15(2)22-31-13-18(14-32-22)23(34)33-21-19(16-3-8-24(26,27)9-4-16)7-12-30-20(21)17-5-10-25(28,29)11-6-17/h7,12-17H,3-6,8-11H2,1-2H3,(H,33,34). The molecule has 0 radical (unpaired) electrons. The molecule has 1 N–H and O–H groups in total. The van der Waals surface area contributed by atoms with Crippen LogP contribution in [0.25, 0.3) is 0 Å². The minimum absolute atomic E-state index is 0.113. The monoisotopic (exact) mass is 478 g/mol. The van der Waals surface area contributed by atoms with E-state index in [0.29, 0.717) is 17.2 Å². The van der Waals surface area contributed by atoms with Gasteiger partial charge in [-0.25, -0.2) is 27.5 Å². The molecule has 4 rings (SSSR count). The second kappa shape index (κ2) is 9.58. The van der Waals surface area contributed by atoms with Crippen LogP contribution in [0.5, 0.6) is 0 Å². The van der Waals surface area contributed by atoms with Gasteiger partial charge in [0.25, 0.3) is 5.91 Å². The number of hydrogen-bond donors (Lipinski definition) is 1. The molecule has 2 saturated carbocycles. The molecule has 2 heterocycles. The van der Waals surface area contributed by atoms with Gasteiger partial charge in [-0.15, -0.1) is 0 Å². The number of hydrogen-bond acceptors (Lipinski definition) is 4. The molecule has 2 aromatic rings. The lowest BCUT2D eigenvalue weighted by Crippen LogP contribution is -2.27. The Labute approximate surface area is 196 Å². The van der Waals surface area contributed by atoms with Crippen LogP contribution >= 0.6 is 0 Å². The van der Waals surface area contributed by atoms with Gasteiger partial charge >= 0.3 is 0 Å². The smallest absolute Gasteiger partial charge is 0.258 e. The second-order valence-corrected chi connectivity index (χ2v) is 9.86. The van der Waals surface area contributed by atoms with Crippen molar-refractivity contribution in [1.82, 2.24) is 15.0 Å². The molecule has 0 unspecified atom stereocenters. The largest absolute Gasteiger partial charge is 0.320 e. The summed E-state index contributed by atoms with van der Waals surface area (Å²) >= 11 is 0. The highest BCUT2D eigenvalue weighted by Crippen LogP contribution is 2.47. The Kier molecular flexibility index (Phi) is 6.92. The van der Waals surface area contributed by atoms with Crippen LogP contribution in [0.2, 0.25) is 0 Å². The van der Waals surface area contributed by atoms with Crippen molar-refractivity contribution in [2.75, 3.05) is 5.32 Å². The van der Waals surface area contributed by atoms with Gasteiger partial charge in [-0.1, -0.05) is 13.8 Å². The summed E-state index contributed by atoms with van der Waals surface area (Å²) in [5, 5.41) is 2.92. The van der Waals surface area contributed by atoms with Gasteiger partial charge in [0.15, 0.2) is 0 Å². The highest BCUT2D eigenvalue weighted by atomic mass is 19.3. The van der Waals surface area contributed by atoms with Crippen LogP contribution in [0.4, 0.5) is 23.2 Å². The van der Waals surface area contributed by atoms with Crippen molar-refractivity contribution in [1.29, 1.82) is 0 Å². The lowest BCUT2D eigenvalue weighted by molar-refractivity contribution is -0.0384. The summed E-state index contributed by atoms with van der Waals surface area (Å²) in [4.78, 5) is 26.1. The van der Waals surface area contributed by atoms with E-state index in [-0.39, 0.29) is 74.7 Å². The van der Waals surface area contributed by atoms with Crippen molar-refractivity contribution in [3.8, 4) is 0 Å². The third-order valence-electron chi connectivity index (χ3n) is 6.96. The highest BCUT2D eigenvalue weighted by molar-refractivity contribution is 6.04. The Morgan fingerprint density at radius 1 is 0.912 bits per heavy atom. The fourth-order valence-electron chi connectivity index (χ4n) is 4.88. The van der Waals surface area contributed by atoms with Crippen LogP contribution < -0.4 is 5.32 Å². The van der Waals surface area contributed by atoms with Crippen LogP contribution in [0.1, 0.15) is 110 Å². The van der Waals surface area contributed by atoms with Gasteiger partial charge in [-0.3, -0.25) is 9.78 Å². The predicted molar refractivity (Wildman–Crippen MR) is 121 cm³/mol. The minimum atomic E-state index is -2.69. The molecule has 0 saturated heterocycles. The molecule has 2 aliphatic carbocycles. The first-order chi connectivity index (χ1) is 16.0. The Hall–Kier alpha value is -2.58. The number of rotatable bonds is 5. The number of halogens is 4. The molecule has 5 nitrogen and oxygen atoms in total. The zero-order valence-electron chi connectivity index (χ0n) is 19.5. The van der Waals surface area contributed by atoms with Gasteiger partial charge in [0.05, 0.1) is 16.9 Å². The molecule has 0 bridgehead atoms. The third-order valence-corrected chi connectivity index (χ3v) is 6.96. The zero-order chi connectivity index (χ0) is 24.5. The van der Waals surface area contributed by atoms with Crippen molar-refractivity contribution in [2.24, 2.45) is 0 Å². The van der Waals surface area contributed by atoms with Crippen LogP contribution in [-0.2, 0) is 0 Å². The summed E-state index contributed by atoms with van der Waals surface area (Å²) in [5.41, 5.74) is 2.02. The molecule has 0 spiro atoms. The first-order valence-electron chi connectivity index (χ1n) is 11.9. The van der Waals surface area contributed by atoms with Gasteiger partial charge in [-0.05, 0) is 43.2 Å². The quantitative estimate of drug-likeness (QED) is 0.478. The Morgan fingerprint density at radius 3 is 1.97 bits per heavy atom. The number of alkyl halides is 4. The van der Waals surface area contributed by atoms with Crippen LogP contribution in [0.3, 0.4) is 0 Å². The molecule has 1 amide bonds. The van der Waals surface area contributed by atoms with E-state index in [2.05, 4.69) is 20.3 Å². The van der Waals surface area contributed by atoms with Crippen LogP contribution in [-0.4, -0.2) is 32.7 Å². The second-order valence-electron chi connectivity index (χ2n) is 9.86. The molecule has 2 fully saturated rings. The number of aromatic nitrogens is 3. The maximum Gasteiger partial charge on any atom is 0.258 e.